The van der Waals surface area contributed by atoms with E-state index >= 15 is 0 Å². The third kappa shape index (κ3) is 4.83. The van der Waals surface area contributed by atoms with Gasteiger partial charge in [0.25, 0.3) is 5.56 Å². The fourth-order valence-corrected chi connectivity index (χ4v) is 8.52. The maximum Gasteiger partial charge on any atom is 0.332 e. The molecule has 4 bridgehead atoms. The van der Waals surface area contributed by atoms with Gasteiger partial charge in [-0.1, -0.05) is 37.8 Å². The average molecular weight is 520 g/mol. The molecule has 6 rings (SSSR count). The first-order valence-corrected chi connectivity index (χ1v) is 14.9. The molecule has 4 atom stereocenters. The molecule has 2 saturated carbocycles. The third-order valence-electron chi connectivity index (χ3n) is 10.1. The first-order valence-electron chi connectivity index (χ1n) is 14.9. The number of nitrogens with zero attached hydrogens (tertiary/aromatic N) is 3. The molecule has 4 aliphatic rings. The quantitative estimate of drug-likeness (QED) is 0.533. The molecule has 0 radical (unpaired) electrons. The van der Waals surface area contributed by atoms with Crippen molar-refractivity contribution in [2.75, 3.05) is 0 Å². The number of hydrogen-bond acceptors (Lipinski definition) is 5. The first-order chi connectivity index (χ1) is 18.4. The van der Waals surface area contributed by atoms with Gasteiger partial charge in [-0.25, -0.2) is 4.79 Å². The van der Waals surface area contributed by atoms with Crippen molar-refractivity contribution in [3.05, 3.63) is 45.1 Å². The summed E-state index contributed by atoms with van der Waals surface area (Å²) >= 11 is 0. The van der Waals surface area contributed by atoms with E-state index in [0.717, 1.165) is 37.5 Å². The summed E-state index contributed by atoms with van der Waals surface area (Å²) in [6.07, 6.45) is 13.7. The van der Waals surface area contributed by atoms with Crippen molar-refractivity contribution in [2.45, 2.75) is 121 Å². The maximum absolute atomic E-state index is 13.9. The van der Waals surface area contributed by atoms with Crippen LogP contribution in [0.25, 0.3) is 10.9 Å². The van der Waals surface area contributed by atoms with Crippen LogP contribution in [0.3, 0.4) is 0 Å². The highest BCUT2D eigenvalue weighted by molar-refractivity contribution is 5.86. The molecule has 2 aliphatic carbocycles. The lowest BCUT2D eigenvalue weighted by molar-refractivity contribution is -0.123. The van der Waals surface area contributed by atoms with Crippen molar-refractivity contribution < 1.29 is 9.59 Å². The number of carbonyl (C=O) groups is 2. The van der Waals surface area contributed by atoms with E-state index in [9.17, 15) is 19.2 Å². The van der Waals surface area contributed by atoms with Crippen LogP contribution in [-0.4, -0.2) is 43.7 Å². The van der Waals surface area contributed by atoms with Gasteiger partial charge in [0.1, 0.15) is 5.78 Å². The number of Topliss-reactive ketones (excluding diaryl/α,β-unsaturated/α-hetero) is 2. The minimum Gasteiger partial charge on any atom is -0.300 e. The lowest BCUT2D eigenvalue weighted by Crippen LogP contribution is -2.59. The lowest BCUT2D eigenvalue weighted by Gasteiger charge is -2.55. The molecule has 204 valence electrons. The fourth-order valence-electron chi connectivity index (χ4n) is 8.52. The summed E-state index contributed by atoms with van der Waals surface area (Å²) in [6, 6.07) is 8.47. The van der Waals surface area contributed by atoms with Crippen molar-refractivity contribution in [1.29, 1.82) is 0 Å². The Morgan fingerprint density at radius 3 is 2.13 bits per heavy atom. The number of hydrogen-bond donors (Lipinski definition) is 0. The van der Waals surface area contributed by atoms with E-state index in [1.807, 2.05) is 6.07 Å². The van der Waals surface area contributed by atoms with Gasteiger partial charge in [-0.05, 0) is 75.8 Å². The summed E-state index contributed by atoms with van der Waals surface area (Å²) < 4.78 is 2.96. The van der Waals surface area contributed by atoms with Crippen LogP contribution in [0.2, 0.25) is 0 Å². The predicted molar refractivity (Wildman–Crippen MR) is 147 cm³/mol. The Labute approximate surface area is 224 Å². The van der Waals surface area contributed by atoms with E-state index < -0.39 is 0 Å². The normalized spacial score (nSPS) is 31.3. The summed E-state index contributed by atoms with van der Waals surface area (Å²) in [5.74, 6) is 1.55. The van der Waals surface area contributed by atoms with Crippen LogP contribution >= 0.6 is 0 Å². The van der Waals surface area contributed by atoms with E-state index in [0.29, 0.717) is 29.0 Å². The number of para-hydroxylation sites is 1. The fraction of sp³-hybridized carbons (Fsp3) is 0.677. The SMILES string of the molecule is CC(=O)CCC(=O)Cn1c(=O)n(C2CC3CCCC(C2)N3C2CC3CCCC(C3)C2)c(=O)c2ccccc21. The molecule has 38 heavy (non-hydrogen) atoms. The van der Waals surface area contributed by atoms with Crippen LogP contribution < -0.4 is 11.2 Å². The van der Waals surface area contributed by atoms with Crippen molar-refractivity contribution in [2.24, 2.45) is 11.8 Å². The number of rotatable bonds is 7. The number of ketones is 2. The number of piperidine rings is 2. The van der Waals surface area contributed by atoms with Gasteiger partial charge < -0.3 is 4.79 Å². The highest BCUT2D eigenvalue weighted by atomic mass is 16.2. The summed E-state index contributed by atoms with van der Waals surface area (Å²) in [5.41, 5.74) is -0.114. The van der Waals surface area contributed by atoms with Gasteiger partial charge in [0, 0.05) is 37.0 Å². The second kappa shape index (κ2) is 10.6. The van der Waals surface area contributed by atoms with Crippen molar-refractivity contribution in [3.63, 3.8) is 0 Å². The average Bonchev–Trinajstić information content (AvgIpc) is 2.89. The summed E-state index contributed by atoms with van der Waals surface area (Å²) in [6.45, 7) is 1.36. The molecule has 0 amide bonds. The van der Waals surface area contributed by atoms with Crippen LogP contribution in [0.5, 0.6) is 0 Å². The number of benzene rings is 1. The van der Waals surface area contributed by atoms with Crippen molar-refractivity contribution in [3.8, 4) is 0 Å². The van der Waals surface area contributed by atoms with E-state index in [4.69, 9.17) is 0 Å². The second-order valence-corrected chi connectivity index (χ2v) is 12.6. The number of aromatic nitrogens is 2. The molecule has 2 aromatic rings. The van der Waals surface area contributed by atoms with Gasteiger partial charge in [0.15, 0.2) is 5.78 Å². The second-order valence-electron chi connectivity index (χ2n) is 12.6. The largest absolute Gasteiger partial charge is 0.332 e. The zero-order chi connectivity index (χ0) is 26.4. The molecular weight excluding hydrogens is 478 g/mol. The lowest BCUT2D eigenvalue weighted by atomic mass is 9.68. The molecule has 0 N–H and O–H groups in total. The Morgan fingerprint density at radius 1 is 0.789 bits per heavy atom. The molecule has 4 fully saturated rings. The van der Waals surface area contributed by atoms with Gasteiger partial charge in [-0.2, -0.15) is 0 Å². The number of carbonyl (C=O) groups excluding carboxylic acids is 2. The minimum absolute atomic E-state index is 0.0413. The maximum atomic E-state index is 13.9. The third-order valence-corrected chi connectivity index (χ3v) is 10.1. The smallest absolute Gasteiger partial charge is 0.300 e. The minimum atomic E-state index is -0.381. The highest BCUT2D eigenvalue weighted by Gasteiger charge is 2.45. The Bertz CT molecular complexity index is 1320. The summed E-state index contributed by atoms with van der Waals surface area (Å²) in [7, 11) is 0. The Hall–Kier alpha value is -2.54. The molecule has 0 spiro atoms. The Balaban J connectivity index is 1.32. The summed E-state index contributed by atoms with van der Waals surface area (Å²) in [5, 5.41) is 0.485. The predicted octanol–water partition coefficient (Wildman–Crippen LogP) is 4.63. The molecule has 2 aliphatic heterocycles. The van der Waals surface area contributed by atoms with E-state index in [1.54, 1.807) is 18.2 Å². The zero-order valence-electron chi connectivity index (χ0n) is 22.6. The van der Waals surface area contributed by atoms with Gasteiger partial charge in [-0.15, -0.1) is 0 Å². The molecule has 1 aromatic heterocycles. The Morgan fingerprint density at radius 2 is 1.45 bits per heavy atom. The van der Waals surface area contributed by atoms with Gasteiger partial charge >= 0.3 is 5.69 Å². The molecular formula is C31H41N3O4. The van der Waals surface area contributed by atoms with Crippen LogP contribution in [-0.2, 0) is 16.1 Å². The first kappa shape index (κ1) is 25.7. The van der Waals surface area contributed by atoms with Crippen LogP contribution in [0.1, 0.15) is 96.4 Å². The highest BCUT2D eigenvalue weighted by Crippen LogP contribution is 2.47. The van der Waals surface area contributed by atoms with Crippen molar-refractivity contribution in [1.82, 2.24) is 14.0 Å². The molecule has 7 nitrogen and oxygen atoms in total. The number of fused-ring (bicyclic) bond motifs is 5. The standard InChI is InChI=1S/C31H41N3O4/c1-20(35)12-13-27(36)19-32-29-11-3-2-10-28(29)30(37)34(31(32)38)26-17-23-8-5-9-24(18-26)33(23)25-15-21-6-4-7-22(14-21)16-25/h2-3,10-11,21-26H,4-9,12-19H2,1H3. The molecule has 1 aromatic carbocycles. The van der Waals surface area contributed by atoms with Crippen molar-refractivity contribution >= 4 is 22.5 Å². The van der Waals surface area contributed by atoms with Gasteiger partial charge in [0.2, 0.25) is 0 Å². The monoisotopic (exact) mass is 519 g/mol. The Kier molecular flexibility index (Phi) is 7.14. The topological polar surface area (TPSA) is 81.4 Å². The van der Waals surface area contributed by atoms with Gasteiger partial charge in [-0.3, -0.25) is 23.6 Å². The zero-order valence-corrected chi connectivity index (χ0v) is 22.6. The van der Waals surface area contributed by atoms with Crippen LogP contribution in [0, 0.1) is 11.8 Å². The van der Waals surface area contributed by atoms with Gasteiger partial charge in [0.05, 0.1) is 17.4 Å². The van der Waals surface area contributed by atoms with E-state index in [1.165, 1.54) is 61.0 Å². The molecule has 4 unspecified atom stereocenters. The van der Waals surface area contributed by atoms with E-state index in [-0.39, 0.29) is 48.2 Å². The van der Waals surface area contributed by atoms with Crippen LogP contribution in [0.15, 0.2) is 33.9 Å². The summed E-state index contributed by atoms with van der Waals surface area (Å²) in [4.78, 5) is 54.6. The molecule has 2 saturated heterocycles. The molecule has 7 heteroatoms. The van der Waals surface area contributed by atoms with E-state index in [2.05, 4.69) is 4.90 Å². The van der Waals surface area contributed by atoms with Crippen LogP contribution in [0.4, 0.5) is 0 Å². The molecule has 3 heterocycles.